The third kappa shape index (κ3) is 2.97. The molecule has 4 atom stereocenters. The maximum Gasteiger partial charge on any atom is 0.223 e. The Hall–Kier alpha value is -0.650. The molecule has 2 rings (SSSR count). The van der Waals surface area contributed by atoms with Gasteiger partial charge in [0, 0.05) is 25.6 Å². The van der Waals surface area contributed by atoms with Crippen molar-refractivity contribution in [2.45, 2.75) is 50.4 Å². The van der Waals surface area contributed by atoms with E-state index in [0.717, 1.165) is 25.7 Å². The van der Waals surface area contributed by atoms with Gasteiger partial charge in [-0.05, 0) is 18.8 Å². The Morgan fingerprint density at radius 1 is 1.18 bits per heavy atom. The van der Waals surface area contributed by atoms with Crippen LogP contribution >= 0.6 is 0 Å². The molecule has 0 spiro atoms. The lowest BCUT2D eigenvalue weighted by Crippen LogP contribution is -2.38. The van der Waals surface area contributed by atoms with E-state index in [1.54, 1.807) is 4.90 Å². The average molecular weight is 242 g/mol. The molecule has 4 N–H and O–H groups in total. The minimum atomic E-state index is -0.793. The van der Waals surface area contributed by atoms with Gasteiger partial charge in [0.15, 0.2) is 0 Å². The highest BCUT2D eigenvalue weighted by Gasteiger charge is 2.34. The zero-order valence-corrected chi connectivity index (χ0v) is 10.1. The van der Waals surface area contributed by atoms with Crippen LogP contribution in [0, 0.1) is 5.92 Å². The maximum atomic E-state index is 12.0. The topological polar surface area (TPSA) is 86.8 Å². The molecular weight excluding hydrogens is 220 g/mol. The second-order valence-corrected chi connectivity index (χ2v) is 5.35. The standard InChI is InChI=1S/C12H22N2O3/c13-9-4-2-1-3-8(9)5-12(17)14-6-10(15)11(16)7-14/h8-11,15-16H,1-7,13H2. The number of nitrogens with zero attached hydrogens (tertiary/aromatic N) is 1. The van der Waals surface area contributed by atoms with Crippen LogP contribution in [0.1, 0.15) is 32.1 Å². The van der Waals surface area contributed by atoms with E-state index >= 15 is 0 Å². The smallest absolute Gasteiger partial charge is 0.223 e. The lowest BCUT2D eigenvalue weighted by Gasteiger charge is -2.29. The van der Waals surface area contributed by atoms with Crippen molar-refractivity contribution in [1.82, 2.24) is 4.90 Å². The summed E-state index contributed by atoms with van der Waals surface area (Å²) in [5.41, 5.74) is 6.01. The van der Waals surface area contributed by atoms with Crippen LogP contribution in [0.15, 0.2) is 0 Å². The predicted octanol–water partition coefficient (Wildman–Crippen LogP) is -0.542. The Morgan fingerprint density at radius 3 is 2.35 bits per heavy atom. The monoisotopic (exact) mass is 242 g/mol. The molecule has 0 aromatic carbocycles. The molecule has 0 bridgehead atoms. The second-order valence-electron chi connectivity index (χ2n) is 5.35. The highest BCUT2D eigenvalue weighted by Crippen LogP contribution is 2.26. The predicted molar refractivity (Wildman–Crippen MR) is 63.1 cm³/mol. The van der Waals surface area contributed by atoms with E-state index in [-0.39, 0.29) is 31.0 Å². The largest absolute Gasteiger partial charge is 0.388 e. The Morgan fingerprint density at radius 2 is 1.76 bits per heavy atom. The van der Waals surface area contributed by atoms with E-state index in [9.17, 15) is 15.0 Å². The number of β-amino-alcohol motifs (C(OH)–C–C–N with tert-alkyl or cyclic N) is 2. The van der Waals surface area contributed by atoms with Crippen LogP contribution in [-0.2, 0) is 4.79 Å². The van der Waals surface area contributed by atoms with Crippen LogP contribution in [0.4, 0.5) is 0 Å². The van der Waals surface area contributed by atoms with Gasteiger partial charge in [-0.15, -0.1) is 0 Å². The summed E-state index contributed by atoms with van der Waals surface area (Å²) in [5, 5.41) is 18.8. The first-order chi connectivity index (χ1) is 8.08. The van der Waals surface area contributed by atoms with Gasteiger partial charge in [-0.2, -0.15) is 0 Å². The van der Waals surface area contributed by atoms with Crippen LogP contribution in [0.2, 0.25) is 0 Å². The van der Waals surface area contributed by atoms with Crippen molar-refractivity contribution in [2.75, 3.05) is 13.1 Å². The summed E-state index contributed by atoms with van der Waals surface area (Å²) in [4.78, 5) is 13.6. The Bertz CT molecular complexity index is 275. The molecule has 0 radical (unpaired) electrons. The summed E-state index contributed by atoms with van der Waals surface area (Å²) in [6.45, 7) is 0.504. The van der Waals surface area contributed by atoms with Gasteiger partial charge in [-0.1, -0.05) is 12.8 Å². The van der Waals surface area contributed by atoms with Crippen LogP contribution in [-0.4, -0.2) is 52.4 Å². The molecule has 5 heteroatoms. The molecule has 1 saturated carbocycles. The zero-order valence-electron chi connectivity index (χ0n) is 10.1. The SMILES string of the molecule is NC1CCCCC1CC(=O)N1CC(O)C(O)C1. The normalized spacial score (nSPS) is 38.4. The highest BCUT2D eigenvalue weighted by molar-refractivity contribution is 5.77. The van der Waals surface area contributed by atoms with Crippen molar-refractivity contribution in [3.05, 3.63) is 0 Å². The van der Waals surface area contributed by atoms with E-state index < -0.39 is 12.2 Å². The summed E-state index contributed by atoms with van der Waals surface area (Å²) in [7, 11) is 0. The number of rotatable bonds is 2. The van der Waals surface area contributed by atoms with Gasteiger partial charge in [-0.3, -0.25) is 4.79 Å². The van der Waals surface area contributed by atoms with Gasteiger partial charge < -0.3 is 20.8 Å². The molecule has 2 fully saturated rings. The first-order valence-corrected chi connectivity index (χ1v) is 6.47. The van der Waals surface area contributed by atoms with Gasteiger partial charge in [0.2, 0.25) is 5.91 Å². The fourth-order valence-corrected chi connectivity index (χ4v) is 2.82. The number of carbonyl (C=O) groups excluding carboxylic acids is 1. The van der Waals surface area contributed by atoms with Gasteiger partial charge in [0.25, 0.3) is 0 Å². The molecule has 1 amide bonds. The fraction of sp³-hybridized carbons (Fsp3) is 0.917. The van der Waals surface area contributed by atoms with Crippen molar-refractivity contribution in [3.8, 4) is 0 Å². The molecule has 1 heterocycles. The Kier molecular flexibility index (Phi) is 4.01. The summed E-state index contributed by atoms with van der Waals surface area (Å²) in [6, 6.07) is 0.130. The molecule has 1 aliphatic heterocycles. The molecule has 4 unspecified atom stereocenters. The molecule has 17 heavy (non-hydrogen) atoms. The molecule has 1 aliphatic carbocycles. The van der Waals surface area contributed by atoms with Gasteiger partial charge in [-0.25, -0.2) is 0 Å². The van der Waals surface area contributed by atoms with E-state index in [1.807, 2.05) is 0 Å². The first-order valence-electron chi connectivity index (χ1n) is 6.47. The Balaban J connectivity index is 1.84. The molecule has 0 aromatic rings. The van der Waals surface area contributed by atoms with E-state index in [2.05, 4.69) is 0 Å². The highest BCUT2D eigenvalue weighted by atomic mass is 16.3. The molecule has 2 aliphatic rings. The number of carbonyl (C=O) groups is 1. The van der Waals surface area contributed by atoms with Crippen LogP contribution in [0.25, 0.3) is 0 Å². The third-order valence-electron chi connectivity index (χ3n) is 4.02. The number of likely N-dealkylation sites (tertiary alicyclic amines) is 1. The zero-order chi connectivity index (χ0) is 12.4. The van der Waals surface area contributed by atoms with Crippen LogP contribution < -0.4 is 5.73 Å². The minimum absolute atomic E-state index is 0.0166. The van der Waals surface area contributed by atoms with Crippen molar-refractivity contribution >= 4 is 5.91 Å². The Labute approximate surface area is 102 Å². The van der Waals surface area contributed by atoms with Gasteiger partial charge in [0.1, 0.15) is 0 Å². The van der Waals surface area contributed by atoms with E-state index in [1.165, 1.54) is 0 Å². The quantitative estimate of drug-likeness (QED) is 0.607. The van der Waals surface area contributed by atoms with Crippen LogP contribution in [0.5, 0.6) is 0 Å². The third-order valence-corrected chi connectivity index (χ3v) is 4.02. The second kappa shape index (κ2) is 5.33. The molecule has 0 aromatic heterocycles. The molecule has 1 saturated heterocycles. The van der Waals surface area contributed by atoms with Gasteiger partial charge in [0.05, 0.1) is 12.2 Å². The minimum Gasteiger partial charge on any atom is -0.388 e. The van der Waals surface area contributed by atoms with Crippen molar-refractivity contribution in [2.24, 2.45) is 11.7 Å². The van der Waals surface area contributed by atoms with Gasteiger partial charge >= 0.3 is 0 Å². The number of aliphatic hydroxyl groups is 2. The number of hydrogen-bond acceptors (Lipinski definition) is 4. The van der Waals surface area contributed by atoms with E-state index in [4.69, 9.17) is 5.73 Å². The number of nitrogens with two attached hydrogens (primary N) is 1. The molecular formula is C12H22N2O3. The summed E-state index contributed by atoms with van der Waals surface area (Å²) >= 11 is 0. The summed E-state index contributed by atoms with van der Waals surface area (Å²) in [6.07, 6.45) is 3.21. The maximum absolute atomic E-state index is 12.0. The number of aliphatic hydroxyl groups excluding tert-OH is 2. The number of amides is 1. The van der Waals surface area contributed by atoms with Crippen molar-refractivity contribution < 1.29 is 15.0 Å². The summed E-state index contributed by atoms with van der Waals surface area (Å²) in [5.74, 6) is 0.286. The first kappa shape index (κ1) is 12.8. The van der Waals surface area contributed by atoms with Crippen molar-refractivity contribution in [1.29, 1.82) is 0 Å². The number of hydrogen-bond donors (Lipinski definition) is 3. The summed E-state index contributed by atoms with van der Waals surface area (Å²) < 4.78 is 0. The average Bonchev–Trinajstić information content (AvgIpc) is 2.63. The molecule has 5 nitrogen and oxygen atoms in total. The fourth-order valence-electron chi connectivity index (χ4n) is 2.82. The lowest BCUT2D eigenvalue weighted by atomic mass is 9.83. The molecule has 98 valence electrons. The van der Waals surface area contributed by atoms with E-state index in [0.29, 0.717) is 6.42 Å². The lowest BCUT2D eigenvalue weighted by molar-refractivity contribution is -0.132. The van der Waals surface area contributed by atoms with Crippen molar-refractivity contribution in [3.63, 3.8) is 0 Å². The van der Waals surface area contributed by atoms with Crippen LogP contribution in [0.3, 0.4) is 0 Å².